The molecule has 0 heterocycles. The summed E-state index contributed by atoms with van der Waals surface area (Å²) in [6.45, 7) is 4.33. The standard InChI is InChI=1S/C16H22N2O5/c1-4-9-17(11-12(2)16(20)23-3)15(19)10-13-7-5-6-8-14(13)18(21)22/h5-8,12H,4,9-11H2,1-3H3. The van der Waals surface area contributed by atoms with E-state index in [-0.39, 0.29) is 30.5 Å². The molecule has 0 fully saturated rings. The van der Waals surface area contributed by atoms with Crippen LogP contribution in [-0.4, -0.2) is 41.9 Å². The Labute approximate surface area is 135 Å². The van der Waals surface area contributed by atoms with Crippen LogP contribution in [-0.2, 0) is 20.7 Å². The molecule has 1 rings (SSSR count). The lowest BCUT2D eigenvalue weighted by molar-refractivity contribution is -0.385. The van der Waals surface area contributed by atoms with Gasteiger partial charge in [0.1, 0.15) is 0 Å². The highest BCUT2D eigenvalue weighted by molar-refractivity contribution is 5.81. The monoisotopic (exact) mass is 322 g/mol. The van der Waals surface area contributed by atoms with E-state index in [2.05, 4.69) is 4.74 Å². The Balaban J connectivity index is 2.86. The molecule has 7 heteroatoms. The molecule has 1 unspecified atom stereocenters. The number of carbonyl (C=O) groups excluding carboxylic acids is 2. The Morgan fingerprint density at radius 1 is 1.35 bits per heavy atom. The fourth-order valence-corrected chi connectivity index (χ4v) is 2.31. The molecule has 1 aromatic carbocycles. The third-order valence-corrected chi connectivity index (χ3v) is 3.47. The van der Waals surface area contributed by atoms with E-state index < -0.39 is 10.8 Å². The average Bonchev–Trinajstić information content (AvgIpc) is 2.53. The number of nitrogens with zero attached hydrogens (tertiary/aromatic N) is 2. The number of benzene rings is 1. The second kappa shape index (κ2) is 8.87. The molecule has 0 spiro atoms. The van der Waals surface area contributed by atoms with E-state index in [4.69, 9.17) is 0 Å². The Morgan fingerprint density at radius 3 is 2.57 bits per heavy atom. The van der Waals surface area contributed by atoms with Gasteiger partial charge in [-0.3, -0.25) is 19.7 Å². The van der Waals surface area contributed by atoms with Crippen molar-refractivity contribution in [3.63, 3.8) is 0 Å². The number of methoxy groups -OCH3 is 1. The van der Waals surface area contributed by atoms with Crippen LogP contribution in [0.4, 0.5) is 5.69 Å². The number of para-hydroxylation sites is 1. The van der Waals surface area contributed by atoms with E-state index in [1.807, 2.05) is 6.92 Å². The van der Waals surface area contributed by atoms with Gasteiger partial charge in [-0.15, -0.1) is 0 Å². The molecule has 7 nitrogen and oxygen atoms in total. The van der Waals surface area contributed by atoms with Gasteiger partial charge < -0.3 is 9.64 Å². The fourth-order valence-electron chi connectivity index (χ4n) is 2.31. The van der Waals surface area contributed by atoms with Crippen molar-refractivity contribution in [1.29, 1.82) is 0 Å². The SMILES string of the molecule is CCCN(CC(C)C(=O)OC)C(=O)Cc1ccccc1[N+](=O)[O-]. The van der Waals surface area contributed by atoms with Crippen LogP contribution in [0.3, 0.4) is 0 Å². The number of rotatable bonds is 8. The van der Waals surface area contributed by atoms with Crippen LogP contribution in [0.25, 0.3) is 0 Å². The van der Waals surface area contributed by atoms with Gasteiger partial charge in [0.25, 0.3) is 5.69 Å². The Kier molecular flexibility index (Phi) is 7.18. The zero-order valence-electron chi connectivity index (χ0n) is 13.7. The first kappa shape index (κ1) is 18.6. The first-order valence-electron chi connectivity index (χ1n) is 7.48. The molecule has 0 radical (unpaired) electrons. The number of hydrogen-bond acceptors (Lipinski definition) is 5. The second-order valence-corrected chi connectivity index (χ2v) is 5.33. The molecule has 1 amide bonds. The minimum absolute atomic E-state index is 0.0644. The molecule has 0 N–H and O–H groups in total. The molecular formula is C16H22N2O5. The Bertz CT molecular complexity index is 573. The first-order valence-corrected chi connectivity index (χ1v) is 7.48. The quantitative estimate of drug-likeness (QED) is 0.416. The predicted molar refractivity (Wildman–Crippen MR) is 84.9 cm³/mol. The van der Waals surface area contributed by atoms with Gasteiger partial charge in [0.05, 0.1) is 24.4 Å². The normalized spacial score (nSPS) is 11.6. The summed E-state index contributed by atoms with van der Waals surface area (Å²) >= 11 is 0. The summed E-state index contributed by atoms with van der Waals surface area (Å²) in [7, 11) is 1.30. The number of nitro groups is 1. The molecule has 0 saturated carbocycles. The van der Waals surface area contributed by atoms with Crippen molar-refractivity contribution >= 4 is 17.6 Å². The van der Waals surface area contributed by atoms with E-state index in [0.717, 1.165) is 6.42 Å². The third-order valence-electron chi connectivity index (χ3n) is 3.47. The van der Waals surface area contributed by atoms with Crippen molar-refractivity contribution in [2.75, 3.05) is 20.2 Å². The van der Waals surface area contributed by atoms with Crippen LogP contribution in [0.15, 0.2) is 24.3 Å². The fraction of sp³-hybridized carbons (Fsp3) is 0.500. The zero-order valence-corrected chi connectivity index (χ0v) is 13.7. The molecule has 0 aromatic heterocycles. The van der Waals surface area contributed by atoms with Crippen LogP contribution in [0.5, 0.6) is 0 Å². The smallest absolute Gasteiger partial charge is 0.310 e. The molecule has 1 aromatic rings. The Morgan fingerprint density at radius 2 is 2.00 bits per heavy atom. The highest BCUT2D eigenvalue weighted by Gasteiger charge is 2.23. The van der Waals surface area contributed by atoms with E-state index in [0.29, 0.717) is 12.1 Å². The lowest BCUT2D eigenvalue weighted by Crippen LogP contribution is -2.38. The van der Waals surface area contributed by atoms with E-state index in [9.17, 15) is 19.7 Å². The lowest BCUT2D eigenvalue weighted by Gasteiger charge is -2.24. The summed E-state index contributed by atoms with van der Waals surface area (Å²) in [5, 5.41) is 11.0. The lowest BCUT2D eigenvalue weighted by atomic mass is 10.1. The van der Waals surface area contributed by atoms with Gasteiger partial charge in [0.2, 0.25) is 5.91 Å². The molecule has 1 atom stereocenters. The maximum atomic E-state index is 12.5. The highest BCUT2D eigenvalue weighted by Crippen LogP contribution is 2.19. The van der Waals surface area contributed by atoms with Crippen LogP contribution in [0.1, 0.15) is 25.8 Å². The molecule has 0 aliphatic carbocycles. The number of carbonyl (C=O) groups is 2. The van der Waals surface area contributed by atoms with Crippen molar-refractivity contribution in [2.45, 2.75) is 26.7 Å². The summed E-state index contributed by atoms with van der Waals surface area (Å²) in [6, 6.07) is 6.18. The first-order chi connectivity index (χ1) is 10.9. The molecule has 0 aliphatic heterocycles. The van der Waals surface area contributed by atoms with Gasteiger partial charge in [0.15, 0.2) is 0 Å². The van der Waals surface area contributed by atoms with Crippen molar-refractivity contribution in [2.24, 2.45) is 5.92 Å². The van der Waals surface area contributed by atoms with Gasteiger partial charge >= 0.3 is 5.97 Å². The second-order valence-electron chi connectivity index (χ2n) is 5.33. The number of amides is 1. The summed E-state index contributed by atoms with van der Waals surface area (Å²) in [5.74, 6) is -1.07. The molecule has 126 valence electrons. The molecule has 0 aliphatic rings. The summed E-state index contributed by atoms with van der Waals surface area (Å²) in [4.78, 5) is 36.1. The van der Waals surface area contributed by atoms with Gasteiger partial charge in [-0.2, -0.15) is 0 Å². The largest absolute Gasteiger partial charge is 0.469 e. The average molecular weight is 322 g/mol. The maximum absolute atomic E-state index is 12.5. The minimum atomic E-state index is -0.496. The molecule has 0 saturated heterocycles. The summed E-state index contributed by atoms with van der Waals surface area (Å²) < 4.78 is 4.67. The van der Waals surface area contributed by atoms with E-state index in [1.165, 1.54) is 13.2 Å². The van der Waals surface area contributed by atoms with Crippen LogP contribution in [0, 0.1) is 16.0 Å². The van der Waals surface area contributed by atoms with Crippen molar-refractivity contribution < 1.29 is 19.2 Å². The van der Waals surface area contributed by atoms with E-state index in [1.54, 1.807) is 30.0 Å². The number of esters is 1. The highest BCUT2D eigenvalue weighted by atomic mass is 16.6. The minimum Gasteiger partial charge on any atom is -0.469 e. The Hall–Kier alpha value is -2.44. The van der Waals surface area contributed by atoms with Crippen molar-refractivity contribution in [1.82, 2.24) is 4.90 Å². The molecular weight excluding hydrogens is 300 g/mol. The summed E-state index contributed by atoms with van der Waals surface area (Å²) in [5.41, 5.74) is 0.299. The van der Waals surface area contributed by atoms with Crippen molar-refractivity contribution in [3.8, 4) is 0 Å². The van der Waals surface area contributed by atoms with Crippen molar-refractivity contribution in [3.05, 3.63) is 39.9 Å². The van der Waals surface area contributed by atoms with Crippen LogP contribution < -0.4 is 0 Å². The molecule has 0 bridgehead atoms. The number of nitro benzene ring substituents is 1. The predicted octanol–water partition coefficient (Wildman–Crippen LogP) is 2.18. The van der Waals surface area contributed by atoms with E-state index >= 15 is 0 Å². The third kappa shape index (κ3) is 5.36. The van der Waals surface area contributed by atoms with Gasteiger partial charge in [0, 0.05) is 24.7 Å². The topological polar surface area (TPSA) is 89.8 Å². The molecule has 23 heavy (non-hydrogen) atoms. The van der Waals surface area contributed by atoms with Gasteiger partial charge in [-0.25, -0.2) is 0 Å². The van der Waals surface area contributed by atoms with Gasteiger partial charge in [-0.1, -0.05) is 32.0 Å². The number of ether oxygens (including phenoxy) is 1. The van der Waals surface area contributed by atoms with Crippen LogP contribution >= 0.6 is 0 Å². The van der Waals surface area contributed by atoms with Crippen LogP contribution in [0.2, 0.25) is 0 Å². The maximum Gasteiger partial charge on any atom is 0.310 e. The zero-order chi connectivity index (χ0) is 17.4. The summed E-state index contributed by atoms with van der Waals surface area (Å²) in [6.07, 6.45) is 0.668. The number of hydrogen-bond donors (Lipinski definition) is 0. The van der Waals surface area contributed by atoms with Gasteiger partial charge in [-0.05, 0) is 6.42 Å².